The maximum Gasteiger partial charge on any atom is 0.270 e. The van der Waals surface area contributed by atoms with Crippen molar-refractivity contribution >= 4 is 0 Å². The number of rotatable bonds is 2. The van der Waals surface area contributed by atoms with Gasteiger partial charge >= 0.3 is 0 Å². The fourth-order valence-electron chi connectivity index (χ4n) is 1.31. The van der Waals surface area contributed by atoms with Gasteiger partial charge in [0.2, 0.25) is 0 Å². The van der Waals surface area contributed by atoms with Gasteiger partial charge in [-0.2, -0.15) is 0 Å². The largest absolute Gasteiger partial charge is 0.324 e. The molecule has 1 atom stereocenters. The summed E-state index contributed by atoms with van der Waals surface area (Å²) in [6.07, 6.45) is 0. The average Bonchev–Trinajstić information content (AvgIpc) is 2.01. The van der Waals surface area contributed by atoms with Crippen LogP contribution in [0.4, 0.5) is 13.2 Å². The Bertz CT molecular complexity index is 329. The van der Waals surface area contributed by atoms with Crippen molar-refractivity contribution in [1.82, 2.24) is 0 Å². The van der Waals surface area contributed by atoms with Gasteiger partial charge in [0.1, 0.15) is 5.82 Å². The van der Waals surface area contributed by atoms with E-state index in [9.17, 15) is 13.2 Å². The second kappa shape index (κ2) is 3.61. The normalized spacial score (nSPS) is 14.1. The first-order valence-corrected chi connectivity index (χ1v) is 4.25. The van der Waals surface area contributed by atoms with Crippen LogP contribution in [0.5, 0.6) is 0 Å². The molecule has 0 amide bonds. The van der Waals surface area contributed by atoms with Crippen molar-refractivity contribution in [2.24, 2.45) is 5.73 Å². The summed E-state index contributed by atoms with van der Waals surface area (Å²) in [5, 5.41) is 0. The second-order valence-corrected chi connectivity index (χ2v) is 3.41. The lowest BCUT2D eigenvalue weighted by molar-refractivity contribution is 0.0159. The summed E-state index contributed by atoms with van der Waals surface area (Å²) in [5.74, 6) is -3.74. The van der Waals surface area contributed by atoms with Crippen LogP contribution in [-0.2, 0) is 5.92 Å². The van der Waals surface area contributed by atoms with Crippen molar-refractivity contribution in [2.75, 3.05) is 0 Å². The zero-order valence-electron chi connectivity index (χ0n) is 8.02. The number of nitrogens with two attached hydrogens (primary N) is 1. The zero-order valence-corrected chi connectivity index (χ0v) is 8.02. The summed E-state index contributed by atoms with van der Waals surface area (Å²) in [5.41, 5.74) is 5.44. The third-order valence-corrected chi connectivity index (χ3v) is 1.98. The Morgan fingerprint density at radius 1 is 1.36 bits per heavy atom. The van der Waals surface area contributed by atoms with Crippen LogP contribution in [0.15, 0.2) is 18.2 Å². The van der Waals surface area contributed by atoms with Crippen LogP contribution in [0.3, 0.4) is 0 Å². The van der Waals surface area contributed by atoms with Crippen molar-refractivity contribution in [1.29, 1.82) is 0 Å². The smallest absolute Gasteiger partial charge is 0.270 e. The van der Waals surface area contributed by atoms with Crippen molar-refractivity contribution in [3.63, 3.8) is 0 Å². The number of benzene rings is 1. The van der Waals surface area contributed by atoms with Crippen LogP contribution in [-0.4, -0.2) is 0 Å². The van der Waals surface area contributed by atoms with Crippen molar-refractivity contribution in [2.45, 2.75) is 25.8 Å². The highest BCUT2D eigenvalue weighted by Crippen LogP contribution is 2.32. The van der Waals surface area contributed by atoms with E-state index in [0.29, 0.717) is 0 Å². The first-order valence-electron chi connectivity index (χ1n) is 4.25. The summed E-state index contributed by atoms with van der Waals surface area (Å²) >= 11 is 0. The van der Waals surface area contributed by atoms with E-state index in [4.69, 9.17) is 5.73 Å². The molecule has 0 aliphatic carbocycles. The van der Waals surface area contributed by atoms with Gasteiger partial charge in [0.05, 0.1) is 0 Å². The lowest BCUT2D eigenvalue weighted by Crippen LogP contribution is -2.16. The first kappa shape index (κ1) is 11.0. The van der Waals surface area contributed by atoms with Gasteiger partial charge in [-0.1, -0.05) is 6.07 Å². The molecule has 1 unspecified atom stereocenters. The molecule has 0 spiro atoms. The monoisotopic (exact) mass is 203 g/mol. The Hall–Kier alpha value is -1.03. The SMILES string of the molecule is CC(N)c1ccc(F)cc1C(C)(F)F. The Morgan fingerprint density at radius 2 is 1.93 bits per heavy atom. The minimum Gasteiger partial charge on any atom is -0.324 e. The first-order chi connectivity index (χ1) is 6.32. The molecule has 0 saturated carbocycles. The summed E-state index contributed by atoms with van der Waals surface area (Å²) < 4.78 is 38.8. The number of halogens is 3. The highest BCUT2D eigenvalue weighted by atomic mass is 19.3. The van der Waals surface area contributed by atoms with Gasteiger partial charge in [0, 0.05) is 18.5 Å². The summed E-state index contributed by atoms with van der Waals surface area (Å²) in [6.45, 7) is 2.32. The third kappa shape index (κ3) is 2.26. The van der Waals surface area contributed by atoms with Gasteiger partial charge in [0.25, 0.3) is 5.92 Å². The standard InChI is InChI=1S/C10H12F3N/c1-6(14)8-4-3-7(11)5-9(8)10(2,12)13/h3-6H,14H2,1-2H3. The minimum absolute atomic E-state index is 0.277. The van der Waals surface area contributed by atoms with Crippen LogP contribution in [0.1, 0.15) is 31.0 Å². The van der Waals surface area contributed by atoms with E-state index < -0.39 is 17.8 Å². The molecule has 1 nitrogen and oxygen atoms in total. The zero-order chi connectivity index (χ0) is 10.9. The Morgan fingerprint density at radius 3 is 2.36 bits per heavy atom. The molecule has 0 heterocycles. The molecule has 1 aromatic carbocycles. The fourth-order valence-corrected chi connectivity index (χ4v) is 1.31. The molecule has 0 aliphatic heterocycles. The van der Waals surface area contributed by atoms with E-state index >= 15 is 0 Å². The Kier molecular flexibility index (Phi) is 2.85. The van der Waals surface area contributed by atoms with Gasteiger partial charge in [0.15, 0.2) is 0 Å². The van der Waals surface area contributed by atoms with Crippen molar-refractivity contribution in [3.8, 4) is 0 Å². The highest BCUT2D eigenvalue weighted by molar-refractivity contribution is 5.33. The molecule has 0 aliphatic rings. The molecule has 4 heteroatoms. The number of hydrogen-bond donors (Lipinski definition) is 1. The van der Waals surface area contributed by atoms with Crippen LogP contribution < -0.4 is 5.73 Å². The molecule has 1 rings (SSSR count). The minimum atomic E-state index is -3.06. The van der Waals surface area contributed by atoms with Crippen LogP contribution >= 0.6 is 0 Å². The Balaban J connectivity index is 3.30. The molecular weight excluding hydrogens is 191 g/mol. The lowest BCUT2D eigenvalue weighted by Gasteiger charge is -2.17. The predicted octanol–water partition coefficient (Wildman–Crippen LogP) is 2.96. The molecular formula is C10H12F3N. The van der Waals surface area contributed by atoms with Crippen LogP contribution in [0.25, 0.3) is 0 Å². The van der Waals surface area contributed by atoms with Gasteiger partial charge in [-0.3, -0.25) is 0 Å². The summed E-state index contributed by atoms with van der Waals surface area (Å²) in [6, 6.07) is 2.73. The maximum absolute atomic E-state index is 13.0. The number of hydrogen-bond acceptors (Lipinski definition) is 1. The van der Waals surface area contributed by atoms with E-state index in [1.807, 2.05) is 0 Å². The van der Waals surface area contributed by atoms with E-state index in [-0.39, 0.29) is 11.1 Å². The Labute approximate surface area is 80.7 Å². The molecule has 78 valence electrons. The molecule has 1 aromatic rings. The van der Waals surface area contributed by atoms with Crippen molar-refractivity contribution in [3.05, 3.63) is 35.1 Å². The van der Waals surface area contributed by atoms with E-state index in [0.717, 1.165) is 19.1 Å². The molecule has 2 N–H and O–H groups in total. The van der Waals surface area contributed by atoms with E-state index in [1.54, 1.807) is 6.92 Å². The molecule has 0 fully saturated rings. The molecule has 0 radical (unpaired) electrons. The summed E-state index contributed by atoms with van der Waals surface area (Å²) in [7, 11) is 0. The highest BCUT2D eigenvalue weighted by Gasteiger charge is 2.28. The summed E-state index contributed by atoms with van der Waals surface area (Å²) in [4.78, 5) is 0. The van der Waals surface area contributed by atoms with Gasteiger partial charge < -0.3 is 5.73 Å². The topological polar surface area (TPSA) is 26.0 Å². The van der Waals surface area contributed by atoms with E-state index in [2.05, 4.69) is 0 Å². The second-order valence-electron chi connectivity index (χ2n) is 3.41. The van der Waals surface area contributed by atoms with Crippen molar-refractivity contribution < 1.29 is 13.2 Å². The van der Waals surface area contributed by atoms with E-state index in [1.165, 1.54) is 6.07 Å². The molecule has 0 saturated heterocycles. The van der Waals surface area contributed by atoms with Gasteiger partial charge in [-0.15, -0.1) is 0 Å². The lowest BCUT2D eigenvalue weighted by atomic mass is 9.98. The molecule has 0 bridgehead atoms. The maximum atomic E-state index is 13.0. The molecule has 0 aromatic heterocycles. The molecule has 14 heavy (non-hydrogen) atoms. The quantitative estimate of drug-likeness (QED) is 0.785. The average molecular weight is 203 g/mol. The fraction of sp³-hybridized carbons (Fsp3) is 0.400. The number of alkyl halides is 2. The van der Waals surface area contributed by atoms with Crippen LogP contribution in [0.2, 0.25) is 0 Å². The predicted molar refractivity (Wildman–Crippen MR) is 48.6 cm³/mol. The van der Waals surface area contributed by atoms with Gasteiger partial charge in [-0.25, -0.2) is 13.2 Å². The third-order valence-electron chi connectivity index (χ3n) is 1.98. The van der Waals surface area contributed by atoms with Gasteiger partial charge in [-0.05, 0) is 24.6 Å². The van der Waals surface area contributed by atoms with Crippen LogP contribution in [0, 0.1) is 5.82 Å².